The van der Waals surface area contributed by atoms with E-state index in [0.29, 0.717) is 24.8 Å². The first-order chi connectivity index (χ1) is 12.5. The molecule has 2 fully saturated rings. The quantitative estimate of drug-likeness (QED) is 0.784. The monoisotopic (exact) mass is 356 g/mol. The number of hydrogen-bond acceptors (Lipinski definition) is 2. The van der Waals surface area contributed by atoms with Crippen molar-refractivity contribution in [1.29, 1.82) is 0 Å². The van der Waals surface area contributed by atoms with Crippen LogP contribution in [-0.2, 0) is 16.0 Å². The van der Waals surface area contributed by atoms with Gasteiger partial charge in [0.05, 0.1) is 5.92 Å². The van der Waals surface area contributed by atoms with Gasteiger partial charge in [0.15, 0.2) is 0 Å². The molecule has 2 aliphatic heterocycles. The van der Waals surface area contributed by atoms with Gasteiger partial charge in [-0.1, -0.05) is 44.2 Å². The van der Waals surface area contributed by atoms with Crippen molar-refractivity contribution < 1.29 is 9.59 Å². The molecule has 2 saturated heterocycles. The fourth-order valence-corrected chi connectivity index (χ4v) is 4.13. The number of likely N-dealkylation sites (tertiary alicyclic amines) is 2. The van der Waals surface area contributed by atoms with E-state index in [1.807, 2.05) is 9.80 Å². The molecule has 0 radical (unpaired) electrons. The fraction of sp³-hybridized carbons (Fsp3) is 0.636. The molecule has 1 aromatic carbocycles. The lowest BCUT2D eigenvalue weighted by atomic mass is 9.89. The Bertz CT molecular complexity index is 606. The molecule has 1 atom stereocenters. The van der Waals surface area contributed by atoms with Gasteiger partial charge in [0, 0.05) is 32.6 Å². The Labute approximate surface area is 157 Å². The molecule has 4 heteroatoms. The Morgan fingerprint density at radius 1 is 1.15 bits per heavy atom. The Balaban J connectivity index is 1.46. The summed E-state index contributed by atoms with van der Waals surface area (Å²) < 4.78 is 0. The van der Waals surface area contributed by atoms with E-state index in [1.165, 1.54) is 5.56 Å². The van der Waals surface area contributed by atoms with Gasteiger partial charge in [-0.3, -0.25) is 9.59 Å². The Kier molecular flexibility index (Phi) is 6.33. The smallest absolute Gasteiger partial charge is 0.227 e. The van der Waals surface area contributed by atoms with Crippen LogP contribution < -0.4 is 0 Å². The summed E-state index contributed by atoms with van der Waals surface area (Å²) in [5, 5.41) is 0. The summed E-state index contributed by atoms with van der Waals surface area (Å²) in [7, 11) is 0. The number of carbonyl (C=O) groups is 2. The van der Waals surface area contributed by atoms with Crippen molar-refractivity contribution >= 4 is 11.8 Å². The highest BCUT2D eigenvalue weighted by molar-refractivity contribution is 5.89. The SMILES string of the molecule is CC(C)CCN1CC(C(=O)N2CCC(Cc3ccccc3)CC2)CC1=O. The molecule has 0 bridgehead atoms. The Morgan fingerprint density at radius 2 is 1.85 bits per heavy atom. The van der Waals surface area contributed by atoms with Crippen LogP contribution in [0, 0.1) is 17.8 Å². The Morgan fingerprint density at radius 3 is 2.50 bits per heavy atom. The average molecular weight is 357 g/mol. The summed E-state index contributed by atoms with van der Waals surface area (Å²) in [5.74, 6) is 1.47. The summed E-state index contributed by atoms with van der Waals surface area (Å²) in [5.41, 5.74) is 1.39. The second kappa shape index (κ2) is 8.70. The minimum atomic E-state index is -0.125. The minimum Gasteiger partial charge on any atom is -0.342 e. The van der Waals surface area contributed by atoms with Gasteiger partial charge in [-0.25, -0.2) is 0 Å². The summed E-state index contributed by atoms with van der Waals surface area (Å²) in [6, 6.07) is 10.6. The zero-order chi connectivity index (χ0) is 18.5. The van der Waals surface area contributed by atoms with Crippen LogP contribution in [0.4, 0.5) is 0 Å². The van der Waals surface area contributed by atoms with Crippen LogP contribution in [0.1, 0.15) is 45.1 Å². The molecule has 0 spiro atoms. The molecule has 0 N–H and O–H groups in total. The van der Waals surface area contributed by atoms with E-state index in [0.717, 1.165) is 45.3 Å². The number of amides is 2. The van der Waals surface area contributed by atoms with E-state index in [2.05, 4.69) is 44.2 Å². The number of benzene rings is 1. The lowest BCUT2D eigenvalue weighted by Crippen LogP contribution is -2.42. The summed E-state index contributed by atoms with van der Waals surface area (Å²) in [6.45, 7) is 7.43. The molecule has 26 heavy (non-hydrogen) atoms. The van der Waals surface area contributed by atoms with Gasteiger partial charge in [0.1, 0.15) is 0 Å². The third-order valence-electron chi connectivity index (χ3n) is 5.83. The predicted molar refractivity (Wildman–Crippen MR) is 104 cm³/mol. The van der Waals surface area contributed by atoms with Crippen LogP contribution in [0.5, 0.6) is 0 Å². The van der Waals surface area contributed by atoms with E-state index >= 15 is 0 Å². The Hall–Kier alpha value is -1.84. The fourth-order valence-electron chi connectivity index (χ4n) is 4.13. The van der Waals surface area contributed by atoms with Crippen LogP contribution in [-0.4, -0.2) is 47.8 Å². The lowest BCUT2D eigenvalue weighted by Gasteiger charge is -2.33. The van der Waals surface area contributed by atoms with Crippen molar-refractivity contribution in [1.82, 2.24) is 9.80 Å². The van der Waals surface area contributed by atoms with Gasteiger partial charge >= 0.3 is 0 Å². The predicted octanol–water partition coefficient (Wildman–Crippen LogP) is 3.36. The zero-order valence-corrected chi connectivity index (χ0v) is 16.2. The number of piperidine rings is 1. The zero-order valence-electron chi connectivity index (χ0n) is 16.2. The molecule has 2 heterocycles. The van der Waals surface area contributed by atoms with Gasteiger partial charge in [0.25, 0.3) is 0 Å². The maximum Gasteiger partial charge on any atom is 0.227 e. The van der Waals surface area contributed by atoms with Crippen molar-refractivity contribution in [3.05, 3.63) is 35.9 Å². The highest BCUT2D eigenvalue weighted by Crippen LogP contribution is 2.26. The van der Waals surface area contributed by atoms with Crippen molar-refractivity contribution in [3.8, 4) is 0 Å². The maximum atomic E-state index is 12.8. The van der Waals surface area contributed by atoms with Crippen molar-refractivity contribution in [2.45, 2.75) is 46.0 Å². The minimum absolute atomic E-state index is 0.125. The highest BCUT2D eigenvalue weighted by atomic mass is 16.2. The topological polar surface area (TPSA) is 40.6 Å². The van der Waals surface area contributed by atoms with Gasteiger partial charge < -0.3 is 9.80 Å². The molecule has 0 saturated carbocycles. The van der Waals surface area contributed by atoms with E-state index in [-0.39, 0.29) is 17.7 Å². The largest absolute Gasteiger partial charge is 0.342 e. The van der Waals surface area contributed by atoms with Gasteiger partial charge in [-0.15, -0.1) is 0 Å². The second-order valence-electron chi connectivity index (χ2n) is 8.38. The molecule has 2 amide bonds. The van der Waals surface area contributed by atoms with Gasteiger partial charge in [0.2, 0.25) is 11.8 Å². The maximum absolute atomic E-state index is 12.8. The van der Waals surface area contributed by atoms with E-state index in [9.17, 15) is 9.59 Å². The number of carbonyl (C=O) groups excluding carboxylic acids is 2. The molecule has 2 aliphatic rings. The molecule has 0 aliphatic carbocycles. The summed E-state index contributed by atoms with van der Waals surface area (Å²) >= 11 is 0. The third-order valence-corrected chi connectivity index (χ3v) is 5.83. The summed E-state index contributed by atoms with van der Waals surface area (Å²) in [6.07, 6.45) is 4.66. The summed E-state index contributed by atoms with van der Waals surface area (Å²) in [4.78, 5) is 28.9. The lowest BCUT2D eigenvalue weighted by molar-refractivity contribution is -0.137. The number of hydrogen-bond donors (Lipinski definition) is 0. The van der Waals surface area contributed by atoms with E-state index in [1.54, 1.807) is 0 Å². The molecule has 1 aromatic rings. The molecule has 142 valence electrons. The molecular weight excluding hydrogens is 324 g/mol. The molecule has 4 nitrogen and oxygen atoms in total. The third kappa shape index (κ3) is 4.87. The van der Waals surface area contributed by atoms with Crippen molar-refractivity contribution in [3.63, 3.8) is 0 Å². The van der Waals surface area contributed by atoms with E-state index in [4.69, 9.17) is 0 Å². The van der Waals surface area contributed by atoms with Gasteiger partial charge in [-0.05, 0) is 43.1 Å². The van der Waals surface area contributed by atoms with Crippen LogP contribution in [0.15, 0.2) is 30.3 Å². The van der Waals surface area contributed by atoms with Crippen molar-refractivity contribution in [2.24, 2.45) is 17.8 Å². The first-order valence-corrected chi connectivity index (χ1v) is 10.1. The first kappa shape index (κ1) is 18.9. The van der Waals surface area contributed by atoms with Crippen LogP contribution in [0.25, 0.3) is 0 Å². The number of rotatable bonds is 6. The van der Waals surface area contributed by atoms with Crippen LogP contribution >= 0.6 is 0 Å². The highest BCUT2D eigenvalue weighted by Gasteiger charge is 2.37. The molecule has 0 aromatic heterocycles. The van der Waals surface area contributed by atoms with E-state index < -0.39 is 0 Å². The molecular formula is C22H32N2O2. The van der Waals surface area contributed by atoms with Crippen molar-refractivity contribution in [2.75, 3.05) is 26.2 Å². The first-order valence-electron chi connectivity index (χ1n) is 10.1. The average Bonchev–Trinajstić information content (AvgIpc) is 3.02. The van der Waals surface area contributed by atoms with Gasteiger partial charge in [-0.2, -0.15) is 0 Å². The van der Waals surface area contributed by atoms with Crippen LogP contribution in [0.2, 0.25) is 0 Å². The molecule has 1 unspecified atom stereocenters. The molecule has 3 rings (SSSR count). The normalized spacial score (nSPS) is 21.7. The van der Waals surface area contributed by atoms with Crippen LogP contribution in [0.3, 0.4) is 0 Å². The number of nitrogens with zero attached hydrogens (tertiary/aromatic N) is 2. The standard InChI is InChI=1S/C22H32N2O2/c1-17(2)8-11-24-16-20(15-21(24)25)22(26)23-12-9-19(10-13-23)14-18-6-4-3-5-7-18/h3-7,17,19-20H,8-16H2,1-2H3. The second-order valence-corrected chi connectivity index (χ2v) is 8.38.